The van der Waals surface area contributed by atoms with Crippen LogP contribution in [0.15, 0.2) is 24.3 Å². The Morgan fingerprint density at radius 3 is 2.46 bits per heavy atom. The van der Waals surface area contributed by atoms with E-state index < -0.39 is 17.7 Å². The van der Waals surface area contributed by atoms with Crippen molar-refractivity contribution in [3.8, 4) is 0 Å². The van der Waals surface area contributed by atoms with Crippen molar-refractivity contribution in [3.63, 3.8) is 0 Å². The van der Waals surface area contributed by atoms with Crippen LogP contribution in [-0.2, 0) is 20.7 Å². The number of likely N-dealkylation sites (tertiary alicyclic amines) is 1. The number of carbonyl (C=O) groups excluding carboxylic acids is 3. The summed E-state index contributed by atoms with van der Waals surface area (Å²) >= 11 is 0. The number of primary amides is 1. The number of hydrogen-bond acceptors (Lipinski definition) is 4. The first-order valence-corrected chi connectivity index (χ1v) is 9.92. The van der Waals surface area contributed by atoms with Gasteiger partial charge in [-0.1, -0.05) is 18.2 Å². The lowest BCUT2D eigenvalue weighted by Gasteiger charge is -2.46. The quantitative estimate of drug-likeness (QED) is 0.805. The number of fused-ring (bicyclic) bond motifs is 1. The van der Waals surface area contributed by atoms with Crippen LogP contribution in [-0.4, -0.2) is 54.1 Å². The summed E-state index contributed by atoms with van der Waals surface area (Å²) in [4.78, 5) is 40.3. The third-order valence-corrected chi connectivity index (χ3v) is 5.97. The van der Waals surface area contributed by atoms with Crippen LogP contribution in [0.2, 0.25) is 0 Å². The van der Waals surface area contributed by atoms with Gasteiger partial charge >= 0.3 is 12.0 Å². The number of hydrogen-bond donors (Lipinski definition) is 1. The van der Waals surface area contributed by atoms with Crippen molar-refractivity contribution in [3.05, 3.63) is 29.8 Å². The molecule has 0 spiro atoms. The Kier molecular flexibility index (Phi) is 5.48. The molecule has 152 valence electrons. The number of nitrogens with two attached hydrogens (primary N) is 1. The van der Waals surface area contributed by atoms with Gasteiger partial charge in [-0.15, -0.1) is 0 Å². The zero-order chi connectivity index (χ0) is 20.5. The van der Waals surface area contributed by atoms with Gasteiger partial charge in [-0.05, 0) is 46.1 Å². The van der Waals surface area contributed by atoms with Gasteiger partial charge in [-0.25, -0.2) is 14.1 Å². The summed E-state index contributed by atoms with van der Waals surface area (Å²) in [7, 11) is 0. The third-order valence-electron chi connectivity index (χ3n) is 5.97. The van der Waals surface area contributed by atoms with E-state index in [-0.39, 0.29) is 22.8 Å². The Balaban J connectivity index is 2.14. The second-order valence-electron chi connectivity index (χ2n) is 8.66. The van der Waals surface area contributed by atoms with Gasteiger partial charge in [0.2, 0.25) is 6.10 Å². The zero-order valence-electron chi connectivity index (χ0n) is 16.9. The Labute approximate surface area is 166 Å². The summed E-state index contributed by atoms with van der Waals surface area (Å²) in [5.74, 6) is -0.334. The maximum atomic E-state index is 13.8. The average molecular weight is 388 g/mol. The third kappa shape index (κ3) is 3.51. The number of benzene rings is 1. The first-order valence-electron chi connectivity index (χ1n) is 9.92. The lowest BCUT2D eigenvalue weighted by Crippen LogP contribution is -2.70. The second kappa shape index (κ2) is 7.54. The molecular weight excluding hydrogens is 358 g/mol. The molecule has 2 aliphatic rings. The number of quaternary nitrogens is 1. The fourth-order valence-electron chi connectivity index (χ4n) is 4.48. The highest BCUT2D eigenvalue weighted by molar-refractivity contribution is 5.99. The van der Waals surface area contributed by atoms with Gasteiger partial charge in [0.25, 0.3) is 5.91 Å². The van der Waals surface area contributed by atoms with Crippen molar-refractivity contribution in [1.82, 2.24) is 9.38 Å². The Bertz CT molecular complexity index is 780. The average Bonchev–Trinajstić information content (AvgIpc) is 3.13. The molecule has 3 rings (SSSR count). The van der Waals surface area contributed by atoms with Crippen molar-refractivity contribution in [2.24, 2.45) is 5.73 Å². The van der Waals surface area contributed by atoms with Gasteiger partial charge in [-0.3, -0.25) is 4.79 Å². The van der Waals surface area contributed by atoms with Gasteiger partial charge < -0.3 is 15.4 Å². The maximum absolute atomic E-state index is 13.8. The SMILES string of the molecule is CC(C)(C)[N+]1(CC(=O)N2CCCC2)C(=O)C(OC(N)=O)CCc2ccccc21. The van der Waals surface area contributed by atoms with E-state index in [1.54, 1.807) is 0 Å². The molecule has 7 heteroatoms. The van der Waals surface area contributed by atoms with E-state index in [1.807, 2.05) is 49.9 Å². The number of carbonyl (C=O) groups is 3. The number of para-hydroxylation sites is 1. The van der Waals surface area contributed by atoms with Crippen LogP contribution in [0.3, 0.4) is 0 Å². The predicted molar refractivity (Wildman–Crippen MR) is 106 cm³/mol. The molecule has 2 atom stereocenters. The number of amides is 3. The summed E-state index contributed by atoms with van der Waals surface area (Å²) < 4.78 is 5.04. The molecule has 0 bridgehead atoms. The molecule has 0 radical (unpaired) electrons. The number of nitrogens with zero attached hydrogens (tertiary/aromatic N) is 2. The van der Waals surface area contributed by atoms with Crippen molar-refractivity contribution >= 4 is 23.6 Å². The normalized spacial score (nSPS) is 25.2. The topological polar surface area (TPSA) is 89.7 Å². The maximum Gasteiger partial charge on any atom is 0.405 e. The van der Waals surface area contributed by atoms with Crippen molar-refractivity contribution < 1.29 is 19.1 Å². The highest BCUT2D eigenvalue weighted by Gasteiger charge is 2.56. The van der Waals surface area contributed by atoms with Crippen LogP contribution in [0.4, 0.5) is 10.5 Å². The molecule has 2 unspecified atom stereocenters. The van der Waals surface area contributed by atoms with Crippen LogP contribution in [0.25, 0.3) is 0 Å². The van der Waals surface area contributed by atoms with E-state index in [0.717, 1.165) is 37.2 Å². The fraction of sp³-hybridized carbons (Fsp3) is 0.571. The fourth-order valence-corrected chi connectivity index (χ4v) is 4.48. The standard InChI is InChI=1S/C21H29N3O4/c1-21(2,3)24(14-18(25)23-12-6-7-13-23)16-9-5-4-8-15(16)10-11-17(19(24)26)28-20(22)27/h4-5,8-9,17H,6-7,10-14H2,1-3H3,(H-,22,27)/p+1. The highest BCUT2D eigenvalue weighted by atomic mass is 16.6. The molecule has 1 saturated heterocycles. The Hall–Kier alpha value is -2.41. The molecule has 2 aliphatic heterocycles. The molecule has 0 saturated carbocycles. The second-order valence-corrected chi connectivity index (χ2v) is 8.66. The summed E-state index contributed by atoms with van der Waals surface area (Å²) in [6.45, 7) is 7.31. The van der Waals surface area contributed by atoms with Gasteiger partial charge in [0.1, 0.15) is 11.2 Å². The molecule has 1 aromatic carbocycles. The lowest BCUT2D eigenvalue weighted by atomic mass is 9.96. The lowest BCUT2D eigenvalue weighted by molar-refractivity contribution is -0.149. The monoisotopic (exact) mass is 388 g/mol. The van der Waals surface area contributed by atoms with Crippen LogP contribution in [0, 0.1) is 0 Å². The number of ether oxygens (including phenoxy) is 1. The summed E-state index contributed by atoms with van der Waals surface area (Å²) in [6, 6.07) is 7.72. The molecule has 28 heavy (non-hydrogen) atoms. The van der Waals surface area contributed by atoms with E-state index in [1.165, 1.54) is 0 Å². The zero-order valence-corrected chi connectivity index (χ0v) is 16.9. The largest absolute Gasteiger partial charge is 0.432 e. The highest BCUT2D eigenvalue weighted by Crippen LogP contribution is 2.41. The molecule has 1 aromatic rings. The first kappa shape index (κ1) is 20.3. The van der Waals surface area contributed by atoms with Crippen LogP contribution >= 0.6 is 0 Å². The van der Waals surface area contributed by atoms with E-state index in [9.17, 15) is 14.4 Å². The van der Waals surface area contributed by atoms with Gasteiger partial charge in [-0.2, -0.15) is 0 Å². The smallest absolute Gasteiger partial charge is 0.405 e. The number of rotatable bonds is 3. The molecule has 7 nitrogen and oxygen atoms in total. The van der Waals surface area contributed by atoms with E-state index in [4.69, 9.17) is 10.5 Å². The van der Waals surface area contributed by atoms with Gasteiger partial charge in [0.05, 0.1) is 0 Å². The molecule has 2 N–H and O–H groups in total. The minimum absolute atomic E-state index is 0.0119. The van der Waals surface area contributed by atoms with Gasteiger partial charge in [0.15, 0.2) is 6.54 Å². The predicted octanol–water partition coefficient (Wildman–Crippen LogP) is 2.35. The molecule has 0 aliphatic carbocycles. The molecule has 1 fully saturated rings. The Morgan fingerprint density at radius 2 is 1.86 bits per heavy atom. The van der Waals surface area contributed by atoms with Crippen molar-refractivity contribution in [2.45, 2.75) is 58.1 Å². The van der Waals surface area contributed by atoms with E-state index >= 15 is 0 Å². The molecular formula is C21H30N3O4+. The van der Waals surface area contributed by atoms with E-state index in [2.05, 4.69) is 0 Å². The van der Waals surface area contributed by atoms with Crippen LogP contribution in [0.1, 0.15) is 45.6 Å². The van der Waals surface area contributed by atoms with Gasteiger partial charge in [0, 0.05) is 25.1 Å². The minimum atomic E-state index is -0.976. The molecule has 3 amide bonds. The van der Waals surface area contributed by atoms with Crippen molar-refractivity contribution in [1.29, 1.82) is 0 Å². The Morgan fingerprint density at radius 1 is 1.21 bits per heavy atom. The molecule has 2 heterocycles. The summed E-state index contributed by atoms with van der Waals surface area (Å²) in [6.07, 6.45) is 0.955. The molecule has 0 aromatic heterocycles. The van der Waals surface area contributed by atoms with Crippen LogP contribution < -0.4 is 10.2 Å². The van der Waals surface area contributed by atoms with Crippen LogP contribution in [0.5, 0.6) is 0 Å². The first-order chi connectivity index (χ1) is 13.2. The van der Waals surface area contributed by atoms with E-state index in [0.29, 0.717) is 12.8 Å². The van der Waals surface area contributed by atoms with Crippen molar-refractivity contribution in [2.75, 3.05) is 19.6 Å². The number of aryl methyl sites for hydroxylation is 1. The summed E-state index contributed by atoms with van der Waals surface area (Å²) in [5, 5.41) is 0. The minimum Gasteiger partial charge on any atom is -0.432 e. The summed E-state index contributed by atoms with van der Waals surface area (Å²) in [5.41, 5.74) is 6.43.